The van der Waals surface area contributed by atoms with Crippen LogP contribution in [0, 0.1) is 12.7 Å². The van der Waals surface area contributed by atoms with Crippen molar-refractivity contribution in [2.75, 3.05) is 29.9 Å². The van der Waals surface area contributed by atoms with Crippen LogP contribution in [0.15, 0.2) is 24.4 Å². The fourth-order valence-corrected chi connectivity index (χ4v) is 5.19. The number of rotatable bonds is 7. The minimum absolute atomic E-state index is 0.108. The van der Waals surface area contributed by atoms with Crippen LogP contribution in [0.5, 0.6) is 0 Å². The molecule has 1 fully saturated rings. The van der Waals surface area contributed by atoms with Crippen molar-refractivity contribution in [3.05, 3.63) is 41.3 Å². The highest BCUT2D eigenvalue weighted by Crippen LogP contribution is 2.31. The number of carbonyl (C=O) groups is 1. The standard InChI is InChI=1S/C23H34FN5O2Si/c1-17-6-5-7-20(24)21(17)27-10-8-19(9-11-27)29-15-18-14-28(26-22(18)25-23(29)30)16-31-12-13-32(2,3)4/h5-7,14,19H,8-13,15-16H2,1-4H3,(H,25,26,30). The van der Waals surface area contributed by atoms with Crippen molar-refractivity contribution in [2.45, 2.75) is 64.8 Å². The molecule has 0 spiro atoms. The number of urea groups is 1. The van der Waals surface area contributed by atoms with Crippen molar-refractivity contribution in [1.29, 1.82) is 0 Å². The smallest absolute Gasteiger partial charge is 0.323 e. The van der Waals surface area contributed by atoms with Gasteiger partial charge in [-0.1, -0.05) is 31.8 Å². The second-order valence-electron chi connectivity index (χ2n) is 10.1. The van der Waals surface area contributed by atoms with Crippen molar-refractivity contribution in [3.63, 3.8) is 0 Å². The highest BCUT2D eigenvalue weighted by molar-refractivity contribution is 6.76. The van der Waals surface area contributed by atoms with Crippen LogP contribution in [0.1, 0.15) is 24.0 Å². The molecule has 0 saturated carbocycles. The van der Waals surface area contributed by atoms with Crippen molar-refractivity contribution < 1.29 is 13.9 Å². The molecule has 32 heavy (non-hydrogen) atoms. The first-order chi connectivity index (χ1) is 15.2. The largest absolute Gasteiger partial charge is 0.369 e. The van der Waals surface area contributed by atoms with Gasteiger partial charge in [0, 0.05) is 45.6 Å². The van der Waals surface area contributed by atoms with Gasteiger partial charge in [0.05, 0.1) is 12.2 Å². The van der Waals surface area contributed by atoms with Crippen LogP contribution in [0.25, 0.3) is 0 Å². The van der Waals surface area contributed by atoms with Crippen LogP contribution >= 0.6 is 0 Å². The average molecular weight is 460 g/mol. The van der Waals surface area contributed by atoms with Gasteiger partial charge in [-0.2, -0.15) is 5.10 Å². The van der Waals surface area contributed by atoms with Crippen LogP contribution in [0.2, 0.25) is 25.7 Å². The van der Waals surface area contributed by atoms with E-state index in [1.54, 1.807) is 10.7 Å². The van der Waals surface area contributed by atoms with Gasteiger partial charge in [0.25, 0.3) is 0 Å². The normalized spacial score (nSPS) is 17.5. The highest BCUT2D eigenvalue weighted by Gasteiger charge is 2.33. The molecule has 1 aromatic heterocycles. The Morgan fingerprint density at radius 1 is 1.25 bits per heavy atom. The molecule has 1 N–H and O–H groups in total. The van der Waals surface area contributed by atoms with E-state index in [4.69, 9.17) is 4.74 Å². The van der Waals surface area contributed by atoms with E-state index in [2.05, 4.69) is 35.0 Å². The van der Waals surface area contributed by atoms with E-state index in [0.29, 0.717) is 24.8 Å². The second-order valence-corrected chi connectivity index (χ2v) is 15.7. The van der Waals surface area contributed by atoms with Crippen LogP contribution in [0.3, 0.4) is 0 Å². The molecule has 3 heterocycles. The molecular formula is C23H34FN5O2Si. The van der Waals surface area contributed by atoms with Gasteiger partial charge >= 0.3 is 6.03 Å². The topological polar surface area (TPSA) is 62.6 Å². The molecule has 1 aromatic carbocycles. The number of fused-ring (bicyclic) bond motifs is 1. The number of aromatic nitrogens is 2. The molecule has 0 bridgehead atoms. The lowest BCUT2D eigenvalue weighted by Crippen LogP contribution is -2.50. The molecular weight excluding hydrogens is 425 g/mol. The quantitative estimate of drug-likeness (QED) is 0.483. The number of para-hydroxylation sites is 1. The summed E-state index contributed by atoms with van der Waals surface area (Å²) in [5.41, 5.74) is 2.64. The zero-order valence-electron chi connectivity index (χ0n) is 19.5. The predicted octanol–water partition coefficient (Wildman–Crippen LogP) is 4.66. The SMILES string of the molecule is Cc1cccc(F)c1N1CCC(N2Cc3cn(COCC[Si](C)(C)C)nc3NC2=O)CC1. The predicted molar refractivity (Wildman–Crippen MR) is 127 cm³/mol. The fourth-order valence-electron chi connectivity index (χ4n) is 4.43. The summed E-state index contributed by atoms with van der Waals surface area (Å²) in [5.74, 6) is 0.447. The Morgan fingerprint density at radius 3 is 2.69 bits per heavy atom. The lowest BCUT2D eigenvalue weighted by Gasteiger charge is -2.40. The molecule has 2 amide bonds. The number of anilines is 2. The van der Waals surface area contributed by atoms with E-state index in [0.717, 1.165) is 49.7 Å². The van der Waals surface area contributed by atoms with Gasteiger partial charge in [0.15, 0.2) is 5.82 Å². The second kappa shape index (κ2) is 9.23. The van der Waals surface area contributed by atoms with Crippen molar-refractivity contribution in [1.82, 2.24) is 14.7 Å². The number of aryl methyl sites for hydroxylation is 1. The summed E-state index contributed by atoms with van der Waals surface area (Å²) in [6.07, 6.45) is 3.59. The van der Waals surface area contributed by atoms with E-state index >= 15 is 0 Å². The maximum Gasteiger partial charge on any atom is 0.323 e. The third kappa shape index (κ3) is 5.15. The summed E-state index contributed by atoms with van der Waals surface area (Å²) >= 11 is 0. The Balaban J connectivity index is 1.34. The minimum Gasteiger partial charge on any atom is -0.369 e. The first-order valence-corrected chi connectivity index (χ1v) is 15.1. The van der Waals surface area contributed by atoms with Gasteiger partial charge in [-0.05, 0) is 37.4 Å². The molecule has 7 nitrogen and oxygen atoms in total. The van der Waals surface area contributed by atoms with Gasteiger partial charge in [-0.15, -0.1) is 0 Å². The van der Waals surface area contributed by atoms with Gasteiger partial charge < -0.3 is 14.5 Å². The van der Waals surface area contributed by atoms with Crippen LogP contribution < -0.4 is 10.2 Å². The zero-order valence-corrected chi connectivity index (χ0v) is 20.5. The molecule has 174 valence electrons. The van der Waals surface area contributed by atoms with E-state index in [9.17, 15) is 9.18 Å². The molecule has 2 aliphatic rings. The van der Waals surface area contributed by atoms with Crippen molar-refractivity contribution in [3.8, 4) is 0 Å². The third-order valence-corrected chi connectivity index (χ3v) is 8.00. The number of nitrogens with one attached hydrogen (secondary N) is 1. The van der Waals surface area contributed by atoms with Crippen LogP contribution in [-0.2, 0) is 18.0 Å². The molecule has 9 heteroatoms. The molecule has 0 atom stereocenters. The van der Waals surface area contributed by atoms with E-state index < -0.39 is 8.07 Å². The average Bonchev–Trinajstić information content (AvgIpc) is 3.12. The fraction of sp³-hybridized carbons (Fsp3) is 0.565. The summed E-state index contributed by atoms with van der Waals surface area (Å²) in [6, 6.07) is 6.33. The first kappa shape index (κ1) is 22.8. The number of hydrogen-bond acceptors (Lipinski definition) is 4. The number of amides is 2. The molecule has 1 saturated heterocycles. The van der Waals surface area contributed by atoms with Crippen molar-refractivity contribution in [2.24, 2.45) is 0 Å². The molecule has 2 aliphatic heterocycles. The number of benzene rings is 1. The summed E-state index contributed by atoms with van der Waals surface area (Å²) in [5, 5.41) is 7.42. The maximum atomic E-state index is 14.4. The first-order valence-electron chi connectivity index (χ1n) is 11.4. The summed E-state index contributed by atoms with van der Waals surface area (Å²) in [4.78, 5) is 16.8. The number of hydrogen-bond donors (Lipinski definition) is 1. The van der Waals surface area contributed by atoms with E-state index in [1.807, 2.05) is 24.1 Å². The monoisotopic (exact) mass is 459 g/mol. The Morgan fingerprint density at radius 2 is 2.00 bits per heavy atom. The van der Waals surface area contributed by atoms with Gasteiger partial charge in [-0.3, -0.25) is 5.32 Å². The lowest BCUT2D eigenvalue weighted by atomic mass is 10.0. The summed E-state index contributed by atoms with van der Waals surface area (Å²) in [6.45, 7) is 12.1. The number of halogens is 1. The summed E-state index contributed by atoms with van der Waals surface area (Å²) in [7, 11) is -1.12. The highest BCUT2D eigenvalue weighted by atomic mass is 28.3. The third-order valence-electron chi connectivity index (χ3n) is 6.29. The molecule has 0 radical (unpaired) electrons. The van der Waals surface area contributed by atoms with E-state index in [1.165, 1.54) is 6.07 Å². The molecule has 2 aromatic rings. The number of ether oxygens (including phenoxy) is 1. The van der Waals surface area contributed by atoms with Gasteiger partial charge in [0.2, 0.25) is 0 Å². The Bertz CT molecular complexity index is 946. The Hall–Kier alpha value is -2.39. The minimum atomic E-state index is -1.12. The Labute approximate surface area is 190 Å². The van der Waals surface area contributed by atoms with Crippen LogP contribution in [-0.4, -0.2) is 54.5 Å². The number of piperidine rings is 1. The molecule has 4 rings (SSSR count). The van der Waals surface area contributed by atoms with E-state index in [-0.39, 0.29) is 17.9 Å². The van der Waals surface area contributed by atoms with Crippen LogP contribution in [0.4, 0.5) is 20.7 Å². The van der Waals surface area contributed by atoms with Gasteiger partial charge in [0.1, 0.15) is 12.5 Å². The Kier molecular flexibility index (Phi) is 6.57. The number of carbonyl (C=O) groups excluding carboxylic acids is 1. The van der Waals surface area contributed by atoms with Crippen molar-refractivity contribution >= 4 is 25.6 Å². The molecule has 0 unspecified atom stereocenters. The van der Waals surface area contributed by atoms with Gasteiger partial charge in [-0.25, -0.2) is 13.9 Å². The maximum absolute atomic E-state index is 14.4. The number of nitrogens with zero attached hydrogens (tertiary/aromatic N) is 4. The summed E-state index contributed by atoms with van der Waals surface area (Å²) < 4.78 is 21.9. The lowest BCUT2D eigenvalue weighted by molar-refractivity contribution is 0.0787. The molecule has 0 aliphatic carbocycles. The zero-order chi connectivity index (χ0) is 22.9.